The Hall–Kier alpha value is -3.17. The summed E-state index contributed by atoms with van der Waals surface area (Å²) in [4.78, 5) is 43.1. The first-order valence-electron chi connectivity index (χ1n) is 11.3. The highest BCUT2D eigenvalue weighted by Gasteiger charge is 2.34. The van der Waals surface area contributed by atoms with Crippen molar-refractivity contribution < 1.29 is 18.7 Å². The van der Waals surface area contributed by atoms with Crippen LogP contribution in [0.3, 0.4) is 0 Å². The molecule has 1 aromatic heterocycles. The fourth-order valence-electron chi connectivity index (χ4n) is 4.20. The summed E-state index contributed by atoms with van der Waals surface area (Å²) >= 11 is 5.87. The summed E-state index contributed by atoms with van der Waals surface area (Å²) in [5.74, 6) is -1.17. The molecule has 2 heterocycles. The average Bonchev–Trinajstić information content (AvgIpc) is 3.00. The summed E-state index contributed by atoms with van der Waals surface area (Å²) in [5, 5.41) is 0.330. The van der Waals surface area contributed by atoms with Crippen molar-refractivity contribution in [2.75, 3.05) is 19.7 Å². The lowest BCUT2D eigenvalue weighted by atomic mass is 9.94. The predicted octanol–water partition coefficient (Wildman–Crippen LogP) is 4.11. The topological polar surface area (TPSA) is 93.6 Å². The Labute approximate surface area is 206 Å². The van der Waals surface area contributed by atoms with Crippen LogP contribution in [0.2, 0.25) is 5.02 Å². The zero-order valence-electron chi connectivity index (χ0n) is 19.7. The van der Waals surface area contributed by atoms with Gasteiger partial charge in [-0.1, -0.05) is 29.8 Å². The molecule has 10 heteroatoms. The number of nitrogens with zero attached hydrogens (tertiary/aromatic N) is 2. The van der Waals surface area contributed by atoms with E-state index in [1.807, 2.05) is 0 Å². The Morgan fingerprint density at radius 1 is 1.23 bits per heavy atom. The molecule has 4 rings (SSSR count). The number of hydrogen-bond donors (Lipinski definition) is 1. The first-order chi connectivity index (χ1) is 16.5. The molecule has 0 radical (unpaired) electrons. The maximum absolute atomic E-state index is 14.3. The van der Waals surface area contributed by atoms with Crippen LogP contribution in [0.15, 0.2) is 52.1 Å². The molecule has 0 saturated carbocycles. The average molecular weight is 504 g/mol. The van der Waals surface area contributed by atoms with Crippen LogP contribution in [0.1, 0.15) is 32.4 Å². The monoisotopic (exact) mass is 503 g/mol. The highest BCUT2D eigenvalue weighted by Crippen LogP contribution is 2.32. The van der Waals surface area contributed by atoms with Crippen molar-refractivity contribution in [3.05, 3.63) is 79.7 Å². The smallest absolute Gasteiger partial charge is 0.410 e. The van der Waals surface area contributed by atoms with Crippen LogP contribution in [0.4, 0.5) is 9.18 Å². The van der Waals surface area contributed by atoms with Crippen LogP contribution >= 0.6 is 11.6 Å². The molecule has 1 aliphatic rings. The molecule has 0 bridgehead atoms. The highest BCUT2D eigenvalue weighted by molar-refractivity contribution is 6.30. The molecule has 0 aliphatic carbocycles. The molecule has 1 saturated heterocycles. The number of halogens is 2. The third-order valence-corrected chi connectivity index (χ3v) is 6.08. The summed E-state index contributed by atoms with van der Waals surface area (Å²) in [6.45, 7) is 5.77. The first-order valence-corrected chi connectivity index (χ1v) is 11.7. The second-order valence-corrected chi connectivity index (χ2v) is 9.95. The number of para-hydroxylation sites is 1. The lowest BCUT2D eigenvalue weighted by Crippen LogP contribution is -2.43. The number of carbonyl (C=O) groups excluding carboxylic acids is 1. The van der Waals surface area contributed by atoms with Gasteiger partial charge in [0.2, 0.25) is 0 Å². The van der Waals surface area contributed by atoms with Gasteiger partial charge in [0.25, 0.3) is 5.56 Å². The molecule has 0 spiro atoms. The first kappa shape index (κ1) is 24.9. The predicted molar refractivity (Wildman–Crippen MR) is 130 cm³/mol. The van der Waals surface area contributed by atoms with Crippen LogP contribution in [0, 0.1) is 11.7 Å². The van der Waals surface area contributed by atoms with Gasteiger partial charge in [0, 0.05) is 25.6 Å². The Morgan fingerprint density at radius 3 is 2.69 bits per heavy atom. The lowest BCUT2D eigenvalue weighted by Gasteiger charge is -2.30. The van der Waals surface area contributed by atoms with Crippen LogP contribution in [-0.2, 0) is 16.0 Å². The molecule has 1 amide bonds. The molecule has 0 unspecified atom stereocenters. The Morgan fingerprint density at radius 2 is 1.97 bits per heavy atom. The van der Waals surface area contributed by atoms with E-state index in [9.17, 15) is 18.8 Å². The number of carbonyl (C=O) groups is 1. The molecule has 2 atom stereocenters. The van der Waals surface area contributed by atoms with Gasteiger partial charge in [-0.25, -0.2) is 14.0 Å². The number of aromatic amines is 1. The van der Waals surface area contributed by atoms with Gasteiger partial charge in [0.05, 0.1) is 28.6 Å². The second-order valence-electron chi connectivity index (χ2n) is 9.54. The van der Waals surface area contributed by atoms with Gasteiger partial charge >= 0.3 is 11.8 Å². The lowest BCUT2D eigenvalue weighted by molar-refractivity contribution is 0.0231. The van der Waals surface area contributed by atoms with Crippen LogP contribution < -0.4 is 11.2 Å². The second kappa shape index (κ2) is 9.83. The minimum absolute atomic E-state index is 0.0310. The quantitative estimate of drug-likeness (QED) is 0.580. The van der Waals surface area contributed by atoms with Gasteiger partial charge < -0.3 is 19.4 Å². The molecule has 1 aliphatic heterocycles. The maximum Gasteiger partial charge on any atom is 0.410 e. The van der Waals surface area contributed by atoms with E-state index in [4.69, 9.17) is 21.1 Å². The Bertz CT molecular complexity index is 1360. The van der Waals surface area contributed by atoms with E-state index in [0.717, 1.165) is 4.57 Å². The van der Waals surface area contributed by atoms with E-state index in [2.05, 4.69) is 4.98 Å². The molecule has 186 valence electrons. The number of amides is 1. The number of H-pyrrole nitrogens is 1. The van der Waals surface area contributed by atoms with Crippen molar-refractivity contribution >= 4 is 28.6 Å². The summed E-state index contributed by atoms with van der Waals surface area (Å²) in [7, 11) is 0. The van der Waals surface area contributed by atoms with E-state index < -0.39 is 40.8 Å². The van der Waals surface area contributed by atoms with Gasteiger partial charge in [-0.2, -0.15) is 0 Å². The molecular formula is C25H27ClFN3O5. The van der Waals surface area contributed by atoms with Crippen molar-refractivity contribution in [3.63, 3.8) is 0 Å². The van der Waals surface area contributed by atoms with E-state index in [1.165, 1.54) is 17.0 Å². The van der Waals surface area contributed by atoms with E-state index in [-0.39, 0.29) is 31.3 Å². The van der Waals surface area contributed by atoms with Crippen molar-refractivity contribution in [2.45, 2.75) is 39.0 Å². The summed E-state index contributed by atoms with van der Waals surface area (Å²) in [6, 6.07) is 11.1. The minimum Gasteiger partial charge on any atom is -0.444 e. The number of rotatable bonds is 3. The number of nitrogens with one attached hydrogen (secondary N) is 1. The standard InChI is InChI=1S/C25H27ClFN3O5/c1-25(2,3)35-24(33)29-10-11-34-21(15-8-9-18(26)19(27)12-15)16(13-29)14-30-22(31)17-6-4-5-7-20(17)28-23(30)32/h4-9,12,16,21H,10-11,13-14H2,1-3H3,(H,28,32)/t16-,21-/m0/s1. The Balaban J connectivity index is 1.75. The summed E-state index contributed by atoms with van der Waals surface area (Å²) in [6.07, 6.45) is -1.24. The van der Waals surface area contributed by atoms with Gasteiger partial charge in [-0.05, 0) is 50.6 Å². The van der Waals surface area contributed by atoms with Gasteiger partial charge in [0.15, 0.2) is 0 Å². The number of fused-ring (bicyclic) bond motifs is 1. The van der Waals surface area contributed by atoms with E-state index in [0.29, 0.717) is 16.5 Å². The fraction of sp³-hybridized carbons (Fsp3) is 0.400. The SMILES string of the molecule is CC(C)(C)OC(=O)N1CCO[C@@H](c2ccc(Cl)c(F)c2)[C@H](Cn2c(=O)[nH]c3ccccc3c2=O)C1. The normalized spacial score (nSPS) is 18.9. The van der Waals surface area contributed by atoms with Crippen molar-refractivity contribution in [2.24, 2.45) is 5.92 Å². The molecule has 1 N–H and O–H groups in total. The number of hydrogen-bond acceptors (Lipinski definition) is 5. The highest BCUT2D eigenvalue weighted by atomic mass is 35.5. The zero-order chi connectivity index (χ0) is 25.3. The molecule has 35 heavy (non-hydrogen) atoms. The summed E-state index contributed by atoms with van der Waals surface area (Å²) in [5.41, 5.74) is -0.817. The van der Waals surface area contributed by atoms with Crippen molar-refractivity contribution in [1.29, 1.82) is 0 Å². The van der Waals surface area contributed by atoms with E-state index in [1.54, 1.807) is 51.1 Å². The summed E-state index contributed by atoms with van der Waals surface area (Å²) < 4.78 is 27.0. The largest absolute Gasteiger partial charge is 0.444 e. The number of benzene rings is 2. The van der Waals surface area contributed by atoms with E-state index >= 15 is 0 Å². The third kappa shape index (κ3) is 5.57. The van der Waals surface area contributed by atoms with Crippen molar-refractivity contribution in [1.82, 2.24) is 14.5 Å². The van der Waals surface area contributed by atoms with Gasteiger partial charge in [-0.3, -0.25) is 9.36 Å². The molecule has 3 aromatic rings. The molecule has 8 nitrogen and oxygen atoms in total. The maximum atomic E-state index is 14.3. The van der Waals surface area contributed by atoms with Crippen LogP contribution in [0.5, 0.6) is 0 Å². The van der Waals surface area contributed by atoms with Gasteiger partial charge in [0.1, 0.15) is 11.4 Å². The molecule has 1 fully saturated rings. The fourth-order valence-corrected chi connectivity index (χ4v) is 4.32. The zero-order valence-corrected chi connectivity index (χ0v) is 20.5. The number of ether oxygens (including phenoxy) is 2. The molecular weight excluding hydrogens is 477 g/mol. The third-order valence-electron chi connectivity index (χ3n) is 5.77. The van der Waals surface area contributed by atoms with Crippen LogP contribution in [0.25, 0.3) is 10.9 Å². The van der Waals surface area contributed by atoms with Crippen molar-refractivity contribution in [3.8, 4) is 0 Å². The number of aromatic nitrogens is 2. The van der Waals surface area contributed by atoms with Gasteiger partial charge in [-0.15, -0.1) is 0 Å². The minimum atomic E-state index is -0.703. The Kier molecular flexibility index (Phi) is 7.00. The molecule has 2 aromatic carbocycles. The van der Waals surface area contributed by atoms with Crippen LogP contribution in [-0.4, -0.2) is 45.8 Å².